The van der Waals surface area contributed by atoms with Crippen molar-refractivity contribution in [3.63, 3.8) is 0 Å². The van der Waals surface area contributed by atoms with Crippen molar-refractivity contribution in [2.45, 2.75) is 6.92 Å². The van der Waals surface area contributed by atoms with Gasteiger partial charge >= 0.3 is 0 Å². The maximum Gasteiger partial charge on any atom is 0.143 e. The molecule has 1 fully saturated rings. The van der Waals surface area contributed by atoms with Crippen molar-refractivity contribution in [2.75, 3.05) is 19.4 Å². The molecule has 0 bridgehead atoms. The Morgan fingerprint density at radius 1 is 0.952 bits per heavy atom. The van der Waals surface area contributed by atoms with E-state index in [-0.39, 0.29) is 0 Å². The molecule has 21 heavy (non-hydrogen) atoms. The van der Waals surface area contributed by atoms with Crippen LogP contribution >= 0.6 is 7.14 Å². The van der Waals surface area contributed by atoms with Gasteiger partial charge in [-0.1, -0.05) is 67.6 Å². The van der Waals surface area contributed by atoms with Crippen LogP contribution in [0.4, 0.5) is 0 Å². The molecule has 1 heterocycles. The van der Waals surface area contributed by atoms with Crippen LogP contribution in [0.3, 0.4) is 0 Å². The topological polar surface area (TPSA) is 26.3 Å². The van der Waals surface area contributed by atoms with Gasteiger partial charge in [0.25, 0.3) is 0 Å². The van der Waals surface area contributed by atoms with Gasteiger partial charge in [0.2, 0.25) is 0 Å². The maximum absolute atomic E-state index is 13.9. The second kappa shape index (κ2) is 6.17. The van der Waals surface area contributed by atoms with Gasteiger partial charge in [-0.25, -0.2) is 0 Å². The molecule has 0 spiro atoms. The highest BCUT2D eigenvalue weighted by Gasteiger charge is 2.35. The summed E-state index contributed by atoms with van der Waals surface area (Å²) in [5.74, 6) is 0.849. The zero-order valence-corrected chi connectivity index (χ0v) is 13.2. The van der Waals surface area contributed by atoms with Crippen LogP contribution in [-0.2, 0) is 9.30 Å². The van der Waals surface area contributed by atoms with Gasteiger partial charge in [0, 0.05) is 23.4 Å². The van der Waals surface area contributed by atoms with Crippen molar-refractivity contribution in [1.29, 1.82) is 0 Å². The van der Waals surface area contributed by atoms with Crippen molar-refractivity contribution < 1.29 is 9.30 Å². The summed E-state index contributed by atoms with van der Waals surface area (Å²) in [6.07, 6.45) is 0.697. The maximum atomic E-state index is 13.9. The molecule has 2 atom stereocenters. The van der Waals surface area contributed by atoms with E-state index in [0.717, 1.165) is 23.8 Å². The average molecular weight is 300 g/mol. The average Bonchev–Trinajstić information content (AvgIpc) is 2.94. The Labute approximate surface area is 126 Å². The summed E-state index contributed by atoms with van der Waals surface area (Å²) in [7, 11) is -2.59. The van der Waals surface area contributed by atoms with Crippen molar-refractivity contribution in [2.24, 2.45) is 11.8 Å². The normalized spacial score (nSPS) is 22.3. The Balaban J connectivity index is 2.01. The SMILES string of the molecule is C[C@@H]1COC[C@@H]1CP(=O)(c1ccccc1)c1ccccc1. The van der Waals surface area contributed by atoms with E-state index in [1.807, 2.05) is 60.7 Å². The highest BCUT2D eigenvalue weighted by Crippen LogP contribution is 2.47. The lowest BCUT2D eigenvalue weighted by molar-refractivity contribution is 0.183. The summed E-state index contributed by atoms with van der Waals surface area (Å²) < 4.78 is 19.4. The fourth-order valence-corrected chi connectivity index (χ4v) is 6.12. The van der Waals surface area contributed by atoms with E-state index in [4.69, 9.17) is 4.74 Å². The van der Waals surface area contributed by atoms with Gasteiger partial charge in [0.05, 0.1) is 6.61 Å². The molecule has 3 rings (SSSR count). The van der Waals surface area contributed by atoms with E-state index in [2.05, 4.69) is 6.92 Å². The molecule has 0 saturated carbocycles. The van der Waals surface area contributed by atoms with Gasteiger partial charge in [-0.3, -0.25) is 0 Å². The van der Waals surface area contributed by atoms with Crippen LogP contribution in [0.2, 0.25) is 0 Å². The van der Waals surface area contributed by atoms with E-state index in [1.54, 1.807) is 0 Å². The first-order valence-electron chi connectivity index (χ1n) is 7.48. The molecule has 2 nitrogen and oxygen atoms in total. The highest BCUT2D eigenvalue weighted by molar-refractivity contribution is 7.78. The third-order valence-corrected chi connectivity index (χ3v) is 7.60. The first-order valence-corrected chi connectivity index (χ1v) is 9.37. The van der Waals surface area contributed by atoms with Crippen molar-refractivity contribution in [1.82, 2.24) is 0 Å². The Bertz CT molecular complexity index is 581. The minimum Gasteiger partial charge on any atom is -0.381 e. The highest BCUT2D eigenvalue weighted by atomic mass is 31.2. The summed E-state index contributed by atoms with van der Waals surface area (Å²) in [4.78, 5) is 0. The van der Waals surface area contributed by atoms with E-state index in [1.165, 1.54) is 0 Å². The van der Waals surface area contributed by atoms with Crippen molar-refractivity contribution >= 4 is 17.8 Å². The zero-order valence-electron chi connectivity index (χ0n) is 12.3. The van der Waals surface area contributed by atoms with E-state index < -0.39 is 7.14 Å². The molecule has 0 aliphatic carbocycles. The Kier molecular flexibility index (Phi) is 4.28. The quantitative estimate of drug-likeness (QED) is 0.810. The fourth-order valence-electron chi connectivity index (χ4n) is 2.97. The first kappa shape index (κ1) is 14.6. The molecule has 2 aromatic carbocycles. The number of ether oxygens (including phenoxy) is 1. The van der Waals surface area contributed by atoms with E-state index in [0.29, 0.717) is 18.0 Å². The molecule has 0 amide bonds. The molecule has 3 heteroatoms. The van der Waals surface area contributed by atoms with Gasteiger partial charge < -0.3 is 9.30 Å². The molecule has 1 saturated heterocycles. The zero-order chi connectivity index (χ0) is 14.7. The molecule has 0 aromatic heterocycles. The summed E-state index contributed by atoms with van der Waals surface area (Å²) in [6.45, 7) is 3.71. The molecule has 1 aliphatic heterocycles. The lowest BCUT2D eigenvalue weighted by atomic mass is 10.0. The summed E-state index contributed by atoms with van der Waals surface area (Å²) >= 11 is 0. The van der Waals surface area contributed by atoms with Crippen LogP contribution in [-0.4, -0.2) is 19.4 Å². The second-order valence-electron chi connectivity index (χ2n) is 5.87. The third-order valence-electron chi connectivity index (χ3n) is 4.36. The Morgan fingerprint density at radius 3 is 1.90 bits per heavy atom. The summed E-state index contributed by atoms with van der Waals surface area (Å²) in [6, 6.07) is 19.8. The molecule has 0 radical (unpaired) electrons. The predicted octanol–water partition coefficient (Wildman–Crippen LogP) is 3.28. The molecule has 1 aliphatic rings. The van der Waals surface area contributed by atoms with Crippen molar-refractivity contribution in [3.05, 3.63) is 60.7 Å². The van der Waals surface area contributed by atoms with Crippen LogP contribution in [0.25, 0.3) is 0 Å². The third kappa shape index (κ3) is 2.97. The number of benzene rings is 2. The van der Waals surface area contributed by atoms with Crippen LogP contribution in [0.1, 0.15) is 6.92 Å². The molecule has 110 valence electrons. The van der Waals surface area contributed by atoms with Crippen molar-refractivity contribution in [3.8, 4) is 0 Å². The molecular formula is C18H21O2P. The largest absolute Gasteiger partial charge is 0.381 e. The standard InChI is InChI=1S/C18H21O2P/c1-15-12-20-13-16(15)14-21(19,17-8-4-2-5-9-17)18-10-6-3-7-11-18/h2-11,15-16H,12-14H2,1H3/t15-,16-/m1/s1. The van der Waals surface area contributed by atoms with Gasteiger partial charge in [-0.15, -0.1) is 0 Å². The van der Waals surface area contributed by atoms with Crippen LogP contribution in [0.5, 0.6) is 0 Å². The van der Waals surface area contributed by atoms with Gasteiger partial charge in [0.15, 0.2) is 0 Å². The number of hydrogen-bond acceptors (Lipinski definition) is 2. The monoisotopic (exact) mass is 300 g/mol. The summed E-state index contributed by atoms with van der Waals surface area (Å²) in [5, 5.41) is 1.91. The lowest BCUT2D eigenvalue weighted by Crippen LogP contribution is -2.24. The van der Waals surface area contributed by atoms with Crippen LogP contribution in [0.15, 0.2) is 60.7 Å². The number of rotatable bonds is 4. The molecule has 2 aromatic rings. The van der Waals surface area contributed by atoms with Gasteiger partial charge in [-0.05, 0) is 11.8 Å². The van der Waals surface area contributed by atoms with Gasteiger partial charge in [0.1, 0.15) is 7.14 Å². The number of hydrogen-bond donors (Lipinski definition) is 0. The minimum absolute atomic E-state index is 0.372. The van der Waals surface area contributed by atoms with Crippen LogP contribution < -0.4 is 10.6 Å². The second-order valence-corrected chi connectivity index (χ2v) is 8.75. The smallest absolute Gasteiger partial charge is 0.143 e. The van der Waals surface area contributed by atoms with E-state index >= 15 is 0 Å². The molecular weight excluding hydrogens is 279 g/mol. The molecule has 0 unspecified atom stereocenters. The Morgan fingerprint density at radius 2 is 1.48 bits per heavy atom. The van der Waals surface area contributed by atoms with E-state index in [9.17, 15) is 4.57 Å². The molecule has 0 N–H and O–H groups in total. The van der Waals surface area contributed by atoms with Gasteiger partial charge in [-0.2, -0.15) is 0 Å². The fraction of sp³-hybridized carbons (Fsp3) is 0.333. The lowest BCUT2D eigenvalue weighted by Gasteiger charge is -2.24. The van der Waals surface area contributed by atoms with Crippen LogP contribution in [0, 0.1) is 11.8 Å². The first-order chi connectivity index (χ1) is 10.2. The Hall–Kier alpha value is -1.37. The minimum atomic E-state index is -2.59. The summed E-state index contributed by atoms with van der Waals surface area (Å²) in [5.41, 5.74) is 0. The predicted molar refractivity (Wildman–Crippen MR) is 88.1 cm³/mol.